The molecule has 0 N–H and O–H groups in total. The van der Waals surface area contributed by atoms with Gasteiger partial charge in [-0.3, -0.25) is 14.4 Å². The lowest BCUT2D eigenvalue weighted by molar-refractivity contribution is -0.167. The van der Waals surface area contributed by atoms with E-state index in [-0.39, 0.29) is 31.1 Å². The zero-order chi connectivity index (χ0) is 52.2. The van der Waals surface area contributed by atoms with Gasteiger partial charge in [0.2, 0.25) is 0 Å². The summed E-state index contributed by atoms with van der Waals surface area (Å²) in [6, 6.07) is 0. The molecule has 72 heavy (non-hydrogen) atoms. The molecule has 416 valence electrons. The number of carbonyl (C=O) groups is 3. The predicted molar refractivity (Wildman–Crippen MR) is 311 cm³/mol. The number of unbranched alkanes of at least 4 members (excludes halogenated alkanes) is 33. The van der Waals surface area contributed by atoms with E-state index in [1.165, 1.54) is 173 Å². The van der Waals surface area contributed by atoms with Gasteiger partial charge in [-0.1, -0.05) is 273 Å². The number of hydrogen-bond acceptors (Lipinski definition) is 6. The maximum Gasteiger partial charge on any atom is 0.306 e. The van der Waals surface area contributed by atoms with Crippen molar-refractivity contribution in [2.75, 3.05) is 13.2 Å². The zero-order valence-corrected chi connectivity index (χ0v) is 47.7. The van der Waals surface area contributed by atoms with Gasteiger partial charge in [0.05, 0.1) is 0 Å². The van der Waals surface area contributed by atoms with Crippen molar-refractivity contribution in [3.05, 3.63) is 72.9 Å². The highest BCUT2D eigenvalue weighted by Gasteiger charge is 2.19. The second-order valence-electron chi connectivity index (χ2n) is 20.6. The smallest absolute Gasteiger partial charge is 0.306 e. The SMILES string of the molecule is CC/C=C\C/C=C\C/C=C\C/C=C\CCCCC(=O)OCC(COC(=O)CCCCCCCCCCCCCCCCCCCCCCC)OC(=O)CCCCCCCCC/C=C\C/C=C\CCCCCC. The molecule has 0 bridgehead atoms. The summed E-state index contributed by atoms with van der Waals surface area (Å²) >= 11 is 0. The van der Waals surface area contributed by atoms with Crippen LogP contribution in [0.3, 0.4) is 0 Å². The second kappa shape index (κ2) is 60.4. The highest BCUT2D eigenvalue weighted by molar-refractivity contribution is 5.71. The molecular formula is C66H116O6. The molecule has 0 aliphatic heterocycles. The van der Waals surface area contributed by atoms with E-state index in [1.807, 2.05) is 0 Å². The summed E-state index contributed by atoms with van der Waals surface area (Å²) in [4.78, 5) is 38.2. The van der Waals surface area contributed by atoms with Gasteiger partial charge in [-0.25, -0.2) is 0 Å². The van der Waals surface area contributed by atoms with Gasteiger partial charge in [0.1, 0.15) is 13.2 Å². The first-order valence-electron chi connectivity index (χ1n) is 30.9. The maximum atomic E-state index is 12.9. The maximum absolute atomic E-state index is 12.9. The molecular weight excluding hydrogens is 889 g/mol. The van der Waals surface area contributed by atoms with E-state index in [0.717, 1.165) is 96.3 Å². The Bertz CT molecular complexity index is 1340. The summed E-state index contributed by atoms with van der Waals surface area (Å²) in [6.45, 7) is 6.51. The molecule has 6 heteroatoms. The molecule has 0 saturated heterocycles. The van der Waals surface area contributed by atoms with Crippen molar-refractivity contribution in [1.82, 2.24) is 0 Å². The summed E-state index contributed by atoms with van der Waals surface area (Å²) in [5.74, 6) is -0.927. The van der Waals surface area contributed by atoms with Crippen molar-refractivity contribution in [2.45, 2.75) is 316 Å². The van der Waals surface area contributed by atoms with Crippen LogP contribution in [0.5, 0.6) is 0 Å². The van der Waals surface area contributed by atoms with E-state index >= 15 is 0 Å². The molecule has 1 unspecified atom stereocenters. The molecule has 0 rings (SSSR count). The Morgan fingerprint density at radius 2 is 0.542 bits per heavy atom. The number of allylic oxidation sites excluding steroid dienone is 12. The third kappa shape index (κ3) is 57.7. The van der Waals surface area contributed by atoms with E-state index in [0.29, 0.717) is 19.3 Å². The minimum absolute atomic E-state index is 0.0893. The molecule has 0 heterocycles. The molecule has 0 aromatic carbocycles. The van der Waals surface area contributed by atoms with Crippen LogP contribution in [0.15, 0.2) is 72.9 Å². The molecule has 0 saturated carbocycles. The van der Waals surface area contributed by atoms with Crippen LogP contribution < -0.4 is 0 Å². The standard InChI is InChI=1S/C66H116O6/c1-4-7-10-13-16-19-22-25-28-30-32-33-34-36-38-41-44-47-50-53-56-59-65(68)71-62-63(61-70-64(67)58-55-52-49-46-43-40-37-27-24-21-18-15-12-9-6-3)72-66(69)60-57-54-51-48-45-42-39-35-31-29-26-23-20-17-14-11-8-5-2/h9,12,18,20-21,23,27,29,31,37,43,46,63H,4-8,10-11,13-17,19,22,24-26,28,30,32-36,38-42,44-45,47-62H2,1-3H3/b12-9-,21-18-,23-20-,31-29-,37-27-,46-43-. The molecule has 0 spiro atoms. The van der Waals surface area contributed by atoms with Crippen molar-refractivity contribution >= 4 is 17.9 Å². The number of ether oxygens (including phenoxy) is 3. The topological polar surface area (TPSA) is 78.9 Å². The van der Waals surface area contributed by atoms with E-state index in [2.05, 4.69) is 93.7 Å². The number of carbonyl (C=O) groups excluding carboxylic acids is 3. The largest absolute Gasteiger partial charge is 0.462 e. The van der Waals surface area contributed by atoms with Gasteiger partial charge >= 0.3 is 17.9 Å². The van der Waals surface area contributed by atoms with Gasteiger partial charge in [0.15, 0.2) is 6.10 Å². The first kappa shape index (κ1) is 68.8. The Hall–Kier alpha value is -3.15. The van der Waals surface area contributed by atoms with E-state index in [1.54, 1.807) is 0 Å². The van der Waals surface area contributed by atoms with E-state index < -0.39 is 6.10 Å². The monoisotopic (exact) mass is 1000 g/mol. The number of rotatable bonds is 56. The Balaban J connectivity index is 4.38. The molecule has 1 atom stereocenters. The van der Waals surface area contributed by atoms with Crippen molar-refractivity contribution in [3.63, 3.8) is 0 Å². The van der Waals surface area contributed by atoms with Crippen LogP contribution in [0, 0.1) is 0 Å². The zero-order valence-electron chi connectivity index (χ0n) is 47.7. The molecule has 0 aliphatic rings. The van der Waals surface area contributed by atoms with Gasteiger partial charge in [-0.2, -0.15) is 0 Å². The van der Waals surface area contributed by atoms with Crippen molar-refractivity contribution < 1.29 is 28.6 Å². The van der Waals surface area contributed by atoms with Crippen LogP contribution in [0.25, 0.3) is 0 Å². The average Bonchev–Trinajstić information content (AvgIpc) is 3.38. The van der Waals surface area contributed by atoms with Crippen LogP contribution in [-0.4, -0.2) is 37.2 Å². The number of esters is 3. The van der Waals surface area contributed by atoms with Crippen LogP contribution >= 0.6 is 0 Å². The lowest BCUT2D eigenvalue weighted by Gasteiger charge is -2.18. The molecule has 0 amide bonds. The summed E-state index contributed by atoms with van der Waals surface area (Å²) < 4.78 is 16.9. The van der Waals surface area contributed by atoms with Crippen molar-refractivity contribution in [2.24, 2.45) is 0 Å². The predicted octanol–water partition coefficient (Wildman–Crippen LogP) is 20.9. The molecule has 0 aromatic heterocycles. The van der Waals surface area contributed by atoms with Gasteiger partial charge in [0, 0.05) is 19.3 Å². The van der Waals surface area contributed by atoms with E-state index in [4.69, 9.17) is 14.2 Å². The fourth-order valence-electron chi connectivity index (χ4n) is 8.82. The lowest BCUT2D eigenvalue weighted by atomic mass is 10.0. The minimum atomic E-state index is -0.796. The Morgan fingerprint density at radius 3 is 0.889 bits per heavy atom. The molecule has 0 fully saturated rings. The lowest BCUT2D eigenvalue weighted by Crippen LogP contribution is -2.30. The third-order valence-electron chi connectivity index (χ3n) is 13.4. The van der Waals surface area contributed by atoms with Gasteiger partial charge in [-0.15, -0.1) is 0 Å². The van der Waals surface area contributed by atoms with E-state index in [9.17, 15) is 14.4 Å². The van der Waals surface area contributed by atoms with Gasteiger partial charge in [0.25, 0.3) is 0 Å². The summed E-state index contributed by atoms with van der Waals surface area (Å²) in [5, 5.41) is 0. The van der Waals surface area contributed by atoms with Crippen molar-refractivity contribution in [1.29, 1.82) is 0 Å². The first-order valence-corrected chi connectivity index (χ1v) is 30.9. The highest BCUT2D eigenvalue weighted by atomic mass is 16.6. The van der Waals surface area contributed by atoms with Crippen LogP contribution in [-0.2, 0) is 28.6 Å². The Morgan fingerprint density at radius 1 is 0.292 bits per heavy atom. The minimum Gasteiger partial charge on any atom is -0.462 e. The average molecular weight is 1010 g/mol. The number of hydrogen-bond donors (Lipinski definition) is 0. The highest BCUT2D eigenvalue weighted by Crippen LogP contribution is 2.17. The van der Waals surface area contributed by atoms with Crippen LogP contribution in [0.1, 0.15) is 310 Å². The second-order valence-corrected chi connectivity index (χ2v) is 20.6. The molecule has 0 aromatic rings. The summed E-state index contributed by atoms with van der Waals surface area (Å²) in [6.07, 6.45) is 77.6. The quantitative estimate of drug-likeness (QED) is 0.0261. The van der Waals surface area contributed by atoms with Gasteiger partial charge < -0.3 is 14.2 Å². The molecule has 0 aliphatic carbocycles. The normalized spacial score (nSPS) is 12.5. The fourth-order valence-corrected chi connectivity index (χ4v) is 8.82. The van der Waals surface area contributed by atoms with Crippen molar-refractivity contribution in [3.8, 4) is 0 Å². The third-order valence-corrected chi connectivity index (χ3v) is 13.4. The first-order chi connectivity index (χ1) is 35.5. The van der Waals surface area contributed by atoms with Gasteiger partial charge in [-0.05, 0) is 89.9 Å². The Labute approximate surface area is 446 Å². The molecule has 0 radical (unpaired) electrons. The summed E-state index contributed by atoms with van der Waals surface area (Å²) in [7, 11) is 0. The summed E-state index contributed by atoms with van der Waals surface area (Å²) in [5.41, 5.74) is 0. The Kier molecular flexibility index (Phi) is 57.8. The molecule has 6 nitrogen and oxygen atoms in total. The van der Waals surface area contributed by atoms with Crippen LogP contribution in [0.4, 0.5) is 0 Å². The van der Waals surface area contributed by atoms with Crippen LogP contribution in [0.2, 0.25) is 0 Å². The fraction of sp³-hybridized carbons (Fsp3) is 0.773.